The maximum atomic E-state index is 13.4. The highest BCUT2D eigenvalue weighted by atomic mass is 16.5. The van der Waals surface area contributed by atoms with Crippen LogP contribution in [-0.4, -0.2) is 86.2 Å². The molecule has 1 fully saturated rings. The van der Waals surface area contributed by atoms with Crippen molar-refractivity contribution in [2.45, 2.75) is 78.1 Å². The molecular formula is C23H41N3O5. The van der Waals surface area contributed by atoms with E-state index < -0.39 is 18.1 Å². The maximum absolute atomic E-state index is 13.4. The molecule has 0 radical (unpaired) electrons. The van der Waals surface area contributed by atoms with Crippen molar-refractivity contribution in [3.8, 4) is 0 Å². The number of methoxy groups -OCH3 is 1. The van der Waals surface area contributed by atoms with Crippen LogP contribution in [0.15, 0.2) is 11.6 Å². The monoisotopic (exact) mass is 439 g/mol. The van der Waals surface area contributed by atoms with Crippen LogP contribution in [0.3, 0.4) is 0 Å². The van der Waals surface area contributed by atoms with Gasteiger partial charge >= 0.3 is 5.97 Å². The van der Waals surface area contributed by atoms with Crippen LogP contribution in [0, 0.1) is 5.92 Å². The molecule has 0 spiro atoms. The molecule has 4 atom stereocenters. The Labute approximate surface area is 187 Å². The predicted octanol–water partition coefficient (Wildman–Crippen LogP) is 1.98. The van der Waals surface area contributed by atoms with E-state index in [9.17, 15) is 14.4 Å². The summed E-state index contributed by atoms with van der Waals surface area (Å²) in [4.78, 5) is 42.1. The van der Waals surface area contributed by atoms with E-state index in [-0.39, 0.29) is 29.8 Å². The molecule has 0 bridgehead atoms. The fourth-order valence-corrected chi connectivity index (χ4v) is 3.86. The molecule has 0 aromatic rings. The normalized spacial score (nSPS) is 20.7. The summed E-state index contributed by atoms with van der Waals surface area (Å²) in [6.45, 7) is 10.3. The Morgan fingerprint density at radius 3 is 2.39 bits per heavy atom. The van der Waals surface area contributed by atoms with Gasteiger partial charge in [-0.3, -0.25) is 14.5 Å². The topological polar surface area (TPSA) is 88.2 Å². The van der Waals surface area contributed by atoms with Crippen molar-refractivity contribution in [3.63, 3.8) is 0 Å². The summed E-state index contributed by atoms with van der Waals surface area (Å²) in [5, 5.41) is 2.93. The lowest BCUT2D eigenvalue weighted by molar-refractivity contribution is -0.142. The molecule has 0 aliphatic carbocycles. The first kappa shape index (κ1) is 27.1. The lowest BCUT2D eigenvalue weighted by Crippen LogP contribution is -2.59. The van der Waals surface area contributed by atoms with Gasteiger partial charge in [0.25, 0.3) is 0 Å². The second-order valence-corrected chi connectivity index (χ2v) is 8.67. The predicted molar refractivity (Wildman–Crippen MR) is 120 cm³/mol. The zero-order valence-corrected chi connectivity index (χ0v) is 20.4. The molecule has 1 N–H and O–H groups in total. The molecule has 31 heavy (non-hydrogen) atoms. The number of esters is 1. The number of piperidine rings is 1. The molecule has 1 aliphatic heterocycles. The Hall–Kier alpha value is -1.93. The number of amides is 2. The Bertz CT molecular complexity index is 649. The SMILES string of the molecule is CCOC(=O)C(C)=C[C@H](C(C)C)N(C)C(=O)[C@@H](NC(=O)C1CCCCN1C)[C@@H](C)OC. The summed E-state index contributed by atoms with van der Waals surface area (Å²) in [5.41, 5.74) is 0.449. The summed E-state index contributed by atoms with van der Waals surface area (Å²) in [7, 11) is 5.15. The van der Waals surface area contributed by atoms with Crippen LogP contribution in [0.25, 0.3) is 0 Å². The highest BCUT2D eigenvalue weighted by Gasteiger charge is 2.35. The lowest BCUT2D eigenvalue weighted by atomic mass is 9.98. The van der Waals surface area contributed by atoms with Crippen molar-refractivity contribution < 1.29 is 23.9 Å². The van der Waals surface area contributed by atoms with Crippen LogP contribution in [0.2, 0.25) is 0 Å². The van der Waals surface area contributed by atoms with E-state index in [0.29, 0.717) is 12.2 Å². The van der Waals surface area contributed by atoms with Crippen molar-refractivity contribution in [3.05, 3.63) is 11.6 Å². The Balaban J connectivity index is 3.06. The molecule has 1 rings (SSSR count). The standard InChI is InChI=1S/C23H41N3O5/c1-9-31-23(29)16(4)14-19(15(2)3)26(7)22(28)20(17(5)30-8)24-21(27)18-12-10-11-13-25(18)6/h14-15,17-20H,9-13H2,1-8H3,(H,24,27)/t17-,18?,19-,20+/m1/s1. The van der Waals surface area contributed by atoms with E-state index in [4.69, 9.17) is 9.47 Å². The van der Waals surface area contributed by atoms with Gasteiger partial charge in [-0.15, -0.1) is 0 Å². The molecule has 0 saturated carbocycles. The van der Waals surface area contributed by atoms with Crippen molar-refractivity contribution >= 4 is 17.8 Å². The van der Waals surface area contributed by atoms with Crippen LogP contribution in [-0.2, 0) is 23.9 Å². The van der Waals surface area contributed by atoms with Crippen molar-refractivity contribution in [1.29, 1.82) is 0 Å². The summed E-state index contributed by atoms with van der Waals surface area (Å²) >= 11 is 0. The third-order valence-electron chi connectivity index (χ3n) is 5.97. The van der Waals surface area contributed by atoms with E-state index in [0.717, 1.165) is 25.8 Å². The molecule has 8 nitrogen and oxygen atoms in total. The number of carbonyl (C=O) groups excluding carboxylic acids is 3. The third kappa shape index (κ3) is 7.61. The molecule has 1 saturated heterocycles. The summed E-state index contributed by atoms with van der Waals surface area (Å²) < 4.78 is 10.5. The second-order valence-electron chi connectivity index (χ2n) is 8.67. The molecular weight excluding hydrogens is 398 g/mol. The number of hydrogen-bond acceptors (Lipinski definition) is 6. The minimum atomic E-state index is -0.824. The zero-order valence-electron chi connectivity index (χ0n) is 20.4. The van der Waals surface area contributed by atoms with Gasteiger partial charge < -0.3 is 19.7 Å². The van der Waals surface area contributed by atoms with Gasteiger partial charge in [0.05, 0.1) is 24.8 Å². The van der Waals surface area contributed by atoms with E-state index in [1.54, 1.807) is 38.8 Å². The Morgan fingerprint density at radius 2 is 1.87 bits per heavy atom. The smallest absolute Gasteiger partial charge is 0.333 e. The molecule has 1 unspecified atom stereocenters. The number of hydrogen-bond donors (Lipinski definition) is 1. The van der Waals surface area contributed by atoms with Crippen LogP contribution < -0.4 is 5.32 Å². The highest BCUT2D eigenvalue weighted by molar-refractivity contribution is 5.91. The first-order valence-corrected chi connectivity index (χ1v) is 11.2. The second kappa shape index (κ2) is 12.8. The number of carbonyl (C=O) groups is 3. The fraction of sp³-hybridized carbons (Fsp3) is 0.783. The van der Waals surface area contributed by atoms with Crippen LogP contribution in [0.4, 0.5) is 0 Å². The van der Waals surface area contributed by atoms with Crippen molar-refractivity contribution in [2.24, 2.45) is 5.92 Å². The average Bonchev–Trinajstić information content (AvgIpc) is 2.74. The van der Waals surface area contributed by atoms with E-state index in [2.05, 4.69) is 5.32 Å². The molecule has 178 valence electrons. The molecule has 0 aromatic heterocycles. The van der Waals surface area contributed by atoms with Crippen molar-refractivity contribution in [2.75, 3.05) is 34.4 Å². The number of ether oxygens (including phenoxy) is 2. The molecule has 1 aliphatic rings. The molecule has 1 heterocycles. The molecule has 2 amide bonds. The van der Waals surface area contributed by atoms with Gasteiger partial charge in [0, 0.05) is 19.7 Å². The van der Waals surface area contributed by atoms with E-state index in [1.807, 2.05) is 25.8 Å². The molecule has 0 aromatic carbocycles. The summed E-state index contributed by atoms with van der Waals surface area (Å²) in [6.07, 6.45) is 4.09. The van der Waals surface area contributed by atoms with Crippen LogP contribution in [0.5, 0.6) is 0 Å². The maximum Gasteiger partial charge on any atom is 0.333 e. The minimum Gasteiger partial charge on any atom is -0.463 e. The number of nitrogens with zero attached hydrogens (tertiary/aromatic N) is 2. The van der Waals surface area contributed by atoms with Crippen LogP contribution >= 0.6 is 0 Å². The van der Waals surface area contributed by atoms with Crippen LogP contribution in [0.1, 0.15) is 53.9 Å². The largest absolute Gasteiger partial charge is 0.463 e. The number of rotatable bonds is 10. The average molecular weight is 440 g/mol. The van der Waals surface area contributed by atoms with Gasteiger partial charge in [0.15, 0.2) is 0 Å². The van der Waals surface area contributed by atoms with Gasteiger partial charge in [-0.25, -0.2) is 4.79 Å². The first-order chi connectivity index (χ1) is 14.5. The Kier molecular flexibility index (Phi) is 11.2. The van der Waals surface area contributed by atoms with Gasteiger partial charge in [-0.05, 0) is 53.1 Å². The lowest BCUT2D eigenvalue weighted by Gasteiger charge is -2.36. The number of likely N-dealkylation sites (N-methyl/N-ethyl adjacent to an activating group) is 2. The third-order valence-corrected chi connectivity index (χ3v) is 5.97. The summed E-state index contributed by atoms with van der Waals surface area (Å²) in [6, 6.07) is -1.40. The van der Waals surface area contributed by atoms with E-state index in [1.165, 1.54) is 7.11 Å². The first-order valence-electron chi connectivity index (χ1n) is 11.2. The Morgan fingerprint density at radius 1 is 1.23 bits per heavy atom. The van der Waals surface area contributed by atoms with Crippen molar-refractivity contribution in [1.82, 2.24) is 15.1 Å². The highest BCUT2D eigenvalue weighted by Crippen LogP contribution is 2.18. The van der Waals surface area contributed by atoms with Gasteiger partial charge in [0.1, 0.15) is 6.04 Å². The fourth-order valence-electron chi connectivity index (χ4n) is 3.86. The van der Waals surface area contributed by atoms with Gasteiger partial charge in [0.2, 0.25) is 11.8 Å². The van der Waals surface area contributed by atoms with Gasteiger partial charge in [-0.1, -0.05) is 26.3 Å². The number of nitrogens with one attached hydrogen (secondary N) is 1. The van der Waals surface area contributed by atoms with Gasteiger partial charge in [-0.2, -0.15) is 0 Å². The zero-order chi connectivity index (χ0) is 23.7. The minimum absolute atomic E-state index is 0.0528. The quantitative estimate of drug-likeness (QED) is 0.414. The number of likely N-dealkylation sites (tertiary alicyclic amines) is 1. The van der Waals surface area contributed by atoms with E-state index >= 15 is 0 Å². The summed E-state index contributed by atoms with van der Waals surface area (Å²) in [5.74, 6) is -0.758. The molecule has 8 heteroatoms.